The first kappa shape index (κ1) is 19.9. The monoisotopic (exact) mass is 427 g/mol. The zero-order valence-electron chi connectivity index (χ0n) is 14.7. The first-order chi connectivity index (χ1) is 12.9. The van der Waals surface area contributed by atoms with E-state index < -0.39 is 6.04 Å². The van der Waals surface area contributed by atoms with Gasteiger partial charge >= 0.3 is 0 Å². The van der Waals surface area contributed by atoms with E-state index in [0.717, 1.165) is 6.42 Å². The molecule has 27 heavy (non-hydrogen) atoms. The Morgan fingerprint density at radius 1 is 1.41 bits per heavy atom. The van der Waals surface area contributed by atoms with Crippen molar-refractivity contribution in [3.05, 3.63) is 44.4 Å². The van der Waals surface area contributed by atoms with Gasteiger partial charge in [0.05, 0.1) is 17.1 Å². The molecule has 1 aromatic heterocycles. The lowest BCUT2D eigenvalue weighted by Crippen LogP contribution is -2.46. The highest BCUT2D eigenvalue weighted by atomic mass is 35.5. The van der Waals surface area contributed by atoms with E-state index in [2.05, 4.69) is 15.5 Å². The number of likely N-dealkylation sites (tertiary alicyclic amines) is 1. The number of nitrogens with one attached hydrogen (secondary N) is 2. The number of carbonyl (C=O) groups excluding carboxylic acids is 2. The lowest BCUT2D eigenvalue weighted by molar-refractivity contribution is -0.125. The van der Waals surface area contributed by atoms with Crippen LogP contribution in [0.25, 0.3) is 0 Å². The highest BCUT2D eigenvalue weighted by Gasteiger charge is 2.35. The smallest absolute Gasteiger partial charge is 0.256 e. The minimum Gasteiger partial charge on any atom is -0.347 e. The lowest BCUT2D eigenvalue weighted by atomic mass is 10.1. The molecule has 0 spiro atoms. The summed E-state index contributed by atoms with van der Waals surface area (Å²) in [6.07, 6.45) is 1.34. The molecule has 2 amide bonds. The summed E-state index contributed by atoms with van der Waals surface area (Å²) in [5.41, 5.74) is 0.302. The van der Waals surface area contributed by atoms with Crippen LogP contribution in [0.1, 0.15) is 35.9 Å². The Balaban J connectivity index is 1.71. The van der Waals surface area contributed by atoms with Crippen LogP contribution in [0.4, 0.5) is 0 Å². The number of rotatable bonds is 5. The summed E-state index contributed by atoms with van der Waals surface area (Å²) < 4.78 is 2.31. The fourth-order valence-corrected chi connectivity index (χ4v) is 3.84. The molecule has 1 atom stereocenters. The van der Waals surface area contributed by atoms with Crippen molar-refractivity contribution in [2.45, 2.75) is 38.9 Å². The Kier molecular flexibility index (Phi) is 6.18. The summed E-state index contributed by atoms with van der Waals surface area (Å²) in [6, 6.07) is 4.17. The van der Waals surface area contributed by atoms with Gasteiger partial charge in [-0.15, -0.1) is 0 Å². The maximum Gasteiger partial charge on any atom is 0.256 e. The molecule has 1 aliphatic rings. The molecule has 1 aromatic carbocycles. The minimum atomic E-state index is -0.551. The van der Waals surface area contributed by atoms with E-state index >= 15 is 0 Å². The molecule has 10 heteroatoms. The zero-order chi connectivity index (χ0) is 19.6. The normalized spacial score (nSPS) is 16.6. The van der Waals surface area contributed by atoms with E-state index in [1.165, 1.54) is 6.07 Å². The van der Waals surface area contributed by atoms with Crippen molar-refractivity contribution in [1.29, 1.82) is 0 Å². The summed E-state index contributed by atoms with van der Waals surface area (Å²) >= 11 is 17.3. The highest BCUT2D eigenvalue weighted by Crippen LogP contribution is 2.26. The van der Waals surface area contributed by atoms with E-state index in [1.54, 1.807) is 21.6 Å². The molecule has 0 radical (unpaired) electrons. The van der Waals surface area contributed by atoms with Gasteiger partial charge in [0.1, 0.15) is 6.04 Å². The molecule has 0 bridgehead atoms. The number of hydrogen-bond donors (Lipinski definition) is 2. The Morgan fingerprint density at radius 3 is 2.93 bits per heavy atom. The van der Waals surface area contributed by atoms with E-state index in [4.69, 9.17) is 35.4 Å². The van der Waals surface area contributed by atoms with Crippen LogP contribution in [0.15, 0.2) is 18.2 Å². The lowest BCUT2D eigenvalue weighted by Gasteiger charge is -2.24. The molecular weight excluding hydrogens is 409 g/mol. The van der Waals surface area contributed by atoms with Crippen LogP contribution in [-0.2, 0) is 17.9 Å². The second kappa shape index (κ2) is 8.41. The number of carbonyl (C=O) groups is 2. The predicted molar refractivity (Wildman–Crippen MR) is 105 cm³/mol. The molecule has 7 nitrogen and oxygen atoms in total. The maximum atomic E-state index is 12.9. The van der Waals surface area contributed by atoms with Gasteiger partial charge in [-0.3, -0.25) is 14.7 Å². The molecule has 1 saturated heterocycles. The summed E-state index contributed by atoms with van der Waals surface area (Å²) in [5.74, 6) is 0.122. The molecule has 2 heterocycles. The molecule has 0 saturated carbocycles. The maximum absolute atomic E-state index is 12.9. The van der Waals surface area contributed by atoms with Gasteiger partial charge in [-0.1, -0.05) is 23.2 Å². The van der Waals surface area contributed by atoms with E-state index in [-0.39, 0.29) is 18.4 Å². The molecule has 1 aliphatic heterocycles. The van der Waals surface area contributed by atoms with Gasteiger partial charge in [0, 0.05) is 18.1 Å². The fourth-order valence-electron chi connectivity index (χ4n) is 3.19. The zero-order valence-corrected chi connectivity index (χ0v) is 17.0. The summed E-state index contributed by atoms with van der Waals surface area (Å²) in [4.78, 5) is 27.1. The second-order valence-corrected chi connectivity index (χ2v) is 7.42. The molecule has 0 aliphatic carbocycles. The van der Waals surface area contributed by atoms with E-state index in [9.17, 15) is 9.59 Å². The number of aromatic amines is 1. The Hall–Kier alpha value is -1.90. The van der Waals surface area contributed by atoms with E-state index in [1.807, 2.05) is 6.92 Å². The van der Waals surface area contributed by atoms with Crippen LogP contribution in [0, 0.1) is 4.77 Å². The van der Waals surface area contributed by atoms with Crippen LogP contribution < -0.4 is 5.32 Å². The Labute approximate surface area is 171 Å². The Morgan fingerprint density at radius 2 is 2.19 bits per heavy atom. The van der Waals surface area contributed by atoms with Gasteiger partial charge in [-0.25, -0.2) is 0 Å². The van der Waals surface area contributed by atoms with Crippen LogP contribution in [0.3, 0.4) is 0 Å². The largest absolute Gasteiger partial charge is 0.347 e. The molecule has 1 fully saturated rings. The van der Waals surface area contributed by atoms with Crippen LogP contribution in [0.5, 0.6) is 0 Å². The average Bonchev–Trinajstić information content (AvgIpc) is 3.27. The molecule has 144 valence electrons. The molecule has 2 N–H and O–H groups in total. The quantitative estimate of drug-likeness (QED) is 0.717. The molecule has 3 rings (SSSR count). The topological polar surface area (TPSA) is 83.0 Å². The third kappa shape index (κ3) is 4.17. The number of amides is 2. The van der Waals surface area contributed by atoms with Gasteiger partial charge in [0.25, 0.3) is 5.91 Å². The van der Waals surface area contributed by atoms with Crippen molar-refractivity contribution in [3.8, 4) is 0 Å². The fraction of sp³-hybridized carbons (Fsp3) is 0.412. The number of nitrogens with zero attached hydrogens (tertiary/aromatic N) is 3. The van der Waals surface area contributed by atoms with Gasteiger partial charge in [0.2, 0.25) is 5.91 Å². The minimum absolute atomic E-state index is 0.226. The predicted octanol–water partition coefficient (Wildman–Crippen LogP) is 3.19. The van der Waals surface area contributed by atoms with Crippen LogP contribution in [0.2, 0.25) is 10.0 Å². The van der Waals surface area contributed by atoms with Gasteiger partial charge in [-0.05, 0) is 50.2 Å². The summed E-state index contributed by atoms with van der Waals surface area (Å²) in [7, 11) is 0. The third-order valence-corrected chi connectivity index (χ3v) is 5.43. The van der Waals surface area contributed by atoms with Crippen molar-refractivity contribution in [2.24, 2.45) is 0 Å². The summed E-state index contributed by atoms with van der Waals surface area (Å²) in [5, 5.41) is 10.4. The SMILES string of the molecule is CCn1c(CNC(=O)C2CCCN2C(=O)c2cc(Cl)ccc2Cl)n[nH]c1=S. The second-order valence-electron chi connectivity index (χ2n) is 6.19. The first-order valence-corrected chi connectivity index (χ1v) is 9.76. The highest BCUT2D eigenvalue weighted by molar-refractivity contribution is 7.71. The number of aromatic nitrogens is 3. The van der Waals surface area contributed by atoms with Crippen LogP contribution >= 0.6 is 35.4 Å². The van der Waals surface area contributed by atoms with Crippen LogP contribution in [-0.4, -0.2) is 44.1 Å². The molecular formula is C17H19Cl2N5O2S. The van der Waals surface area contributed by atoms with Crippen molar-refractivity contribution in [2.75, 3.05) is 6.54 Å². The molecule has 1 unspecified atom stereocenters. The summed E-state index contributed by atoms with van der Waals surface area (Å²) in [6.45, 7) is 3.33. The van der Waals surface area contributed by atoms with Crippen molar-refractivity contribution in [3.63, 3.8) is 0 Å². The standard InChI is InChI=1S/C17H19Cl2N5O2S/c1-2-23-14(21-22-17(23)27)9-20-15(25)13-4-3-7-24(13)16(26)11-8-10(18)5-6-12(11)19/h5-6,8,13H,2-4,7,9H2,1H3,(H,20,25)(H,22,27). The number of H-pyrrole nitrogens is 1. The number of halogens is 2. The number of hydrogen-bond acceptors (Lipinski definition) is 4. The van der Waals surface area contributed by atoms with Gasteiger partial charge < -0.3 is 14.8 Å². The Bertz CT molecular complexity index is 926. The average molecular weight is 428 g/mol. The number of benzene rings is 1. The third-order valence-electron chi connectivity index (χ3n) is 4.55. The molecule has 2 aromatic rings. The first-order valence-electron chi connectivity index (χ1n) is 8.60. The van der Waals surface area contributed by atoms with E-state index in [0.29, 0.717) is 45.7 Å². The van der Waals surface area contributed by atoms with Crippen molar-refractivity contribution >= 4 is 47.2 Å². The van der Waals surface area contributed by atoms with Gasteiger partial charge in [0.15, 0.2) is 10.6 Å². The van der Waals surface area contributed by atoms with Crippen molar-refractivity contribution in [1.82, 2.24) is 25.0 Å². The van der Waals surface area contributed by atoms with Crippen molar-refractivity contribution < 1.29 is 9.59 Å². The van der Waals surface area contributed by atoms with Gasteiger partial charge in [-0.2, -0.15) is 5.10 Å².